The average Bonchev–Trinajstić information content (AvgIpc) is 3.04. The summed E-state index contributed by atoms with van der Waals surface area (Å²) in [5.74, 6) is -1.03. The van der Waals surface area contributed by atoms with Gasteiger partial charge in [0.2, 0.25) is 0 Å². The normalized spacial score (nSPS) is 16.2. The molecular weight excluding hydrogens is 651 g/mol. The van der Waals surface area contributed by atoms with Crippen molar-refractivity contribution in [1.29, 1.82) is 0 Å². The van der Waals surface area contributed by atoms with Gasteiger partial charge in [-0.2, -0.15) is 0 Å². The third-order valence-electron chi connectivity index (χ3n) is 9.06. The first-order valence-corrected chi connectivity index (χ1v) is 16.9. The molecule has 0 amide bonds. The molecule has 2 aromatic carbocycles. The molecule has 0 saturated carbocycles. The molecule has 4 heterocycles. The van der Waals surface area contributed by atoms with Gasteiger partial charge in [-0.3, -0.25) is 29.4 Å². The van der Waals surface area contributed by atoms with Crippen molar-refractivity contribution < 1.29 is 24.9 Å². The van der Waals surface area contributed by atoms with Gasteiger partial charge >= 0.3 is 5.97 Å². The number of Topliss-reactive ketones (excluding diaryl/α,β-unsaturated/α-hetero) is 1. The number of benzene rings is 2. The van der Waals surface area contributed by atoms with Crippen LogP contribution < -0.4 is 0 Å². The van der Waals surface area contributed by atoms with Gasteiger partial charge in [0.15, 0.2) is 0 Å². The summed E-state index contributed by atoms with van der Waals surface area (Å²) in [6, 6.07) is 15.9. The van der Waals surface area contributed by atoms with Gasteiger partial charge in [-0.1, -0.05) is 59.6 Å². The third kappa shape index (κ3) is 7.78. The van der Waals surface area contributed by atoms with E-state index < -0.39 is 18.2 Å². The molecule has 3 N–H and O–H groups in total. The van der Waals surface area contributed by atoms with Crippen LogP contribution in [0.2, 0.25) is 10.0 Å². The fourth-order valence-corrected chi connectivity index (χ4v) is 7.39. The van der Waals surface area contributed by atoms with E-state index in [2.05, 4.69) is 21.9 Å². The molecule has 9 nitrogen and oxygen atoms in total. The van der Waals surface area contributed by atoms with E-state index in [-0.39, 0.29) is 18.6 Å². The van der Waals surface area contributed by atoms with E-state index >= 15 is 0 Å². The zero-order valence-electron chi connectivity index (χ0n) is 26.7. The number of aliphatic hydroxyl groups excluding tert-OH is 2. The summed E-state index contributed by atoms with van der Waals surface area (Å²) in [6.07, 6.45) is 3.58. The molecule has 2 atom stereocenters. The second-order valence-corrected chi connectivity index (χ2v) is 13.5. The van der Waals surface area contributed by atoms with Gasteiger partial charge in [0.05, 0.1) is 40.1 Å². The van der Waals surface area contributed by atoms with E-state index in [4.69, 9.17) is 38.3 Å². The number of fused-ring (bicyclic) bond motifs is 2. The minimum atomic E-state index is -1.01. The van der Waals surface area contributed by atoms with Crippen molar-refractivity contribution >= 4 is 35.0 Å². The highest BCUT2D eigenvalue weighted by Gasteiger charge is 2.24. The summed E-state index contributed by atoms with van der Waals surface area (Å²) < 4.78 is 0. The molecule has 0 fully saturated rings. The molecule has 2 aliphatic rings. The second kappa shape index (κ2) is 14.8. The topological polar surface area (TPSA) is 127 Å². The maximum Gasteiger partial charge on any atom is 0.306 e. The summed E-state index contributed by atoms with van der Waals surface area (Å²) in [5, 5.41) is 30.4. The quantitative estimate of drug-likeness (QED) is 0.183. The lowest BCUT2D eigenvalue weighted by atomic mass is 9.95. The van der Waals surface area contributed by atoms with Crippen LogP contribution in [0.15, 0.2) is 60.9 Å². The molecule has 2 aliphatic heterocycles. The average molecular weight is 690 g/mol. The fraction of sp³-hybridized carbons (Fsp3) is 0.351. The highest BCUT2D eigenvalue weighted by molar-refractivity contribution is 6.39. The predicted molar refractivity (Wildman–Crippen MR) is 186 cm³/mol. The van der Waals surface area contributed by atoms with Crippen LogP contribution in [0.1, 0.15) is 42.0 Å². The third-order valence-corrected chi connectivity index (χ3v) is 9.87. The van der Waals surface area contributed by atoms with E-state index in [1.54, 1.807) is 0 Å². The van der Waals surface area contributed by atoms with Crippen molar-refractivity contribution in [3.8, 4) is 33.6 Å². The van der Waals surface area contributed by atoms with Crippen molar-refractivity contribution in [3.05, 3.63) is 93.2 Å². The number of carboxylic acids is 1. The standard InChI is InChI=1S/C37H38Cl2N4O5/c1-22(44)12-27(45)20-42-10-8-23-13-33(40-16-25(23)18-42)31-6-2-4-29(36(31)38)30-5-3-7-32(37(30)39)34-14-24-9-11-43(19-26(24)17-41-34)21-28(46)15-35(47)48/h2-7,13-14,16-17,27-28,45-46H,8-12,15,18-21H2,1H3,(H,47,48)/t27-,28-/m0/s1. The van der Waals surface area contributed by atoms with Crippen LogP contribution in [-0.4, -0.2) is 85.2 Å². The lowest BCUT2D eigenvalue weighted by molar-refractivity contribution is -0.139. The first-order chi connectivity index (χ1) is 23.0. The molecule has 0 unspecified atom stereocenters. The molecule has 0 aliphatic carbocycles. The Morgan fingerprint density at radius 3 is 1.60 bits per heavy atom. The van der Waals surface area contributed by atoms with Gasteiger partial charge in [-0.05, 0) is 54.2 Å². The van der Waals surface area contributed by atoms with Crippen LogP contribution in [-0.2, 0) is 35.5 Å². The minimum Gasteiger partial charge on any atom is -0.481 e. The van der Waals surface area contributed by atoms with E-state index in [0.29, 0.717) is 42.8 Å². The van der Waals surface area contributed by atoms with Gasteiger partial charge in [-0.25, -0.2) is 0 Å². The molecule has 250 valence electrons. The van der Waals surface area contributed by atoms with Crippen LogP contribution in [0.3, 0.4) is 0 Å². The Balaban J connectivity index is 1.21. The smallest absolute Gasteiger partial charge is 0.306 e. The number of nitrogens with zero attached hydrogens (tertiary/aromatic N) is 4. The number of carbonyl (C=O) groups excluding carboxylic acids is 1. The first kappa shape index (κ1) is 34.2. The number of aromatic nitrogens is 2. The lowest BCUT2D eigenvalue weighted by Crippen LogP contribution is -2.37. The molecule has 48 heavy (non-hydrogen) atoms. The number of ketones is 1. The monoisotopic (exact) mass is 688 g/mol. The van der Waals surface area contributed by atoms with Crippen LogP contribution in [0, 0.1) is 0 Å². The molecule has 0 spiro atoms. The van der Waals surface area contributed by atoms with E-state index in [1.165, 1.54) is 12.5 Å². The Kier molecular flexibility index (Phi) is 10.6. The largest absolute Gasteiger partial charge is 0.481 e. The van der Waals surface area contributed by atoms with Crippen LogP contribution >= 0.6 is 23.2 Å². The van der Waals surface area contributed by atoms with Crippen LogP contribution in [0.25, 0.3) is 33.6 Å². The first-order valence-electron chi connectivity index (χ1n) is 16.1. The number of β-amino-alcohol motifs (C(OH)–C–C–N with tert-alkyl or cyclic N) is 2. The molecule has 0 saturated heterocycles. The van der Waals surface area contributed by atoms with E-state index in [9.17, 15) is 19.8 Å². The summed E-state index contributed by atoms with van der Waals surface area (Å²) in [6.45, 7) is 5.00. The fourth-order valence-electron chi connectivity index (χ4n) is 6.74. The molecule has 2 aromatic heterocycles. The van der Waals surface area contributed by atoms with Gasteiger partial charge in [0, 0.05) is 80.3 Å². The van der Waals surface area contributed by atoms with Crippen molar-refractivity contribution in [1.82, 2.24) is 19.8 Å². The Morgan fingerprint density at radius 1 is 0.729 bits per heavy atom. The number of hydrogen-bond acceptors (Lipinski definition) is 8. The number of carboxylic acid groups (broad SMARTS) is 1. The van der Waals surface area contributed by atoms with Crippen molar-refractivity contribution in [3.63, 3.8) is 0 Å². The summed E-state index contributed by atoms with van der Waals surface area (Å²) >= 11 is 14.2. The molecule has 11 heteroatoms. The molecule has 6 rings (SSSR count). The number of aliphatic hydroxyl groups is 2. The number of carbonyl (C=O) groups is 2. The molecular formula is C37H38Cl2N4O5. The van der Waals surface area contributed by atoms with Gasteiger partial charge in [0.25, 0.3) is 0 Å². The Hall–Kier alpha value is -3.70. The Bertz CT molecular complexity index is 1720. The second-order valence-electron chi connectivity index (χ2n) is 12.8. The number of halogens is 2. The maximum absolute atomic E-state index is 11.4. The summed E-state index contributed by atoms with van der Waals surface area (Å²) in [5.41, 5.74) is 9.21. The number of rotatable bonds is 11. The highest BCUT2D eigenvalue weighted by atomic mass is 35.5. The van der Waals surface area contributed by atoms with Crippen LogP contribution in [0.5, 0.6) is 0 Å². The minimum absolute atomic E-state index is 0.0167. The number of hydrogen-bond donors (Lipinski definition) is 3. The van der Waals surface area contributed by atoms with E-state index in [0.717, 1.165) is 69.7 Å². The zero-order valence-corrected chi connectivity index (χ0v) is 28.2. The molecule has 4 aromatic rings. The van der Waals surface area contributed by atoms with Crippen LogP contribution in [0.4, 0.5) is 0 Å². The molecule has 0 radical (unpaired) electrons. The lowest BCUT2D eigenvalue weighted by Gasteiger charge is -2.30. The Labute approximate surface area is 289 Å². The van der Waals surface area contributed by atoms with Gasteiger partial charge in [0.1, 0.15) is 5.78 Å². The van der Waals surface area contributed by atoms with Gasteiger partial charge in [-0.15, -0.1) is 0 Å². The number of aliphatic carboxylic acids is 1. The summed E-state index contributed by atoms with van der Waals surface area (Å²) in [4.78, 5) is 36.0. The zero-order chi connectivity index (χ0) is 33.9. The predicted octanol–water partition coefficient (Wildman–Crippen LogP) is 5.68. The highest BCUT2D eigenvalue weighted by Crippen LogP contribution is 2.42. The molecule has 0 bridgehead atoms. The maximum atomic E-state index is 11.4. The SMILES string of the molecule is CC(=O)C[C@H](O)CN1CCc2cc(-c3cccc(-c4cccc(-c5cc6c(cn5)CN(C[C@@H](O)CC(=O)O)CC6)c4Cl)c3Cl)ncc2C1. The number of pyridine rings is 2. The Morgan fingerprint density at radius 2 is 1.17 bits per heavy atom. The van der Waals surface area contributed by atoms with Crippen molar-refractivity contribution in [2.45, 2.75) is 57.9 Å². The summed E-state index contributed by atoms with van der Waals surface area (Å²) in [7, 11) is 0. The van der Waals surface area contributed by atoms with E-state index in [1.807, 2.05) is 48.8 Å². The van der Waals surface area contributed by atoms with Crippen molar-refractivity contribution in [2.24, 2.45) is 0 Å². The van der Waals surface area contributed by atoms with Gasteiger partial charge < -0.3 is 15.3 Å². The van der Waals surface area contributed by atoms with Crippen molar-refractivity contribution in [2.75, 3.05) is 26.2 Å².